The first-order chi connectivity index (χ1) is 12.5. The van der Waals surface area contributed by atoms with Gasteiger partial charge in [0.25, 0.3) is 0 Å². The third kappa shape index (κ3) is 3.03. The monoisotopic (exact) mass is 434 g/mol. The molecule has 3 aromatic rings. The van der Waals surface area contributed by atoms with Gasteiger partial charge < -0.3 is 10.2 Å². The number of benzene rings is 1. The van der Waals surface area contributed by atoms with Crippen LogP contribution in [0.3, 0.4) is 0 Å². The molecule has 0 aliphatic carbocycles. The summed E-state index contributed by atoms with van der Waals surface area (Å²) in [5.41, 5.74) is 3.12. The van der Waals surface area contributed by atoms with Gasteiger partial charge in [-0.15, -0.1) is 11.3 Å². The van der Waals surface area contributed by atoms with E-state index in [0.29, 0.717) is 17.4 Å². The molecule has 3 heterocycles. The maximum Gasteiger partial charge on any atom is 0.322 e. The Bertz CT molecular complexity index is 956. The Kier molecular flexibility index (Phi) is 4.54. The maximum absolute atomic E-state index is 14.2. The van der Waals surface area contributed by atoms with Crippen LogP contribution in [0.2, 0.25) is 0 Å². The van der Waals surface area contributed by atoms with Crippen LogP contribution >= 0.6 is 27.3 Å². The number of aromatic nitrogens is 2. The first kappa shape index (κ1) is 17.2. The van der Waals surface area contributed by atoms with Crippen molar-refractivity contribution in [3.63, 3.8) is 0 Å². The lowest BCUT2D eigenvalue weighted by Gasteiger charge is -2.33. The van der Waals surface area contributed by atoms with Gasteiger partial charge in [-0.2, -0.15) is 5.10 Å². The van der Waals surface area contributed by atoms with E-state index >= 15 is 0 Å². The lowest BCUT2D eigenvalue weighted by Crippen LogP contribution is -2.44. The summed E-state index contributed by atoms with van der Waals surface area (Å²) in [5.74, 6) is -0.478. The molecule has 26 heavy (non-hydrogen) atoms. The number of nitrogens with zero attached hydrogens (tertiary/aromatic N) is 2. The highest BCUT2D eigenvalue weighted by Gasteiger charge is 2.31. The van der Waals surface area contributed by atoms with Gasteiger partial charge in [0, 0.05) is 23.7 Å². The van der Waals surface area contributed by atoms with Crippen molar-refractivity contribution < 1.29 is 9.18 Å². The van der Waals surface area contributed by atoms with Gasteiger partial charge in [-0.25, -0.2) is 9.18 Å². The number of amides is 2. The number of hydrogen-bond donors (Lipinski definition) is 2. The summed E-state index contributed by atoms with van der Waals surface area (Å²) in [6, 6.07) is 8.48. The van der Waals surface area contributed by atoms with Crippen molar-refractivity contribution in [1.82, 2.24) is 15.1 Å². The molecule has 0 bridgehead atoms. The zero-order chi connectivity index (χ0) is 18.3. The van der Waals surface area contributed by atoms with Crippen LogP contribution in [0.4, 0.5) is 14.9 Å². The third-order valence-corrected chi connectivity index (χ3v) is 6.01. The van der Waals surface area contributed by atoms with Gasteiger partial charge in [0.05, 0.1) is 21.6 Å². The lowest BCUT2D eigenvalue weighted by molar-refractivity contribution is 0.182. The Morgan fingerprint density at radius 1 is 1.42 bits per heavy atom. The summed E-state index contributed by atoms with van der Waals surface area (Å²) < 4.78 is 14.5. The Hall–Kier alpha value is -2.19. The van der Waals surface area contributed by atoms with Gasteiger partial charge in [0.15, 0.2) is 5.82 Å². The fourth-order valence-corrected chi connectivity index (χ4v) is 4.26. The van der Waals surface area contributed by atoms with E-state index in [0.717, 1.165) is 21.8 Å². The zero-order valence-corrected chi connectivity index (χ0v) is 16.3. The first-order valence-corrected chi connectivity index (χ1v) is 9.83. The molecule has 134 valence electrons. The van der Waals surface area contributed by atoms with E-state index in [1.807, 2.05) is 24.4 Å². The minimum absolute atomic E-state index is 0.0191. The average molecular weight is 435 g/mol. The molecule has 0 radical (unpaired) electrons. The highest BCUT2D eigenvalue weighted by atomic mass is 79.9. The number of urea groups is 1. The summed E-state index contributed by atoms with van der Waals surface area (Å²) in [4.78, 5) is 15.6. The number of H-pyrrole nitrogens is 1. The van der Waals surface area contributed by atoms with Crippen molar-refractivity contribution in [2.75, 3.05) is 5.32 Å². The molecule has 1 atom stereocenters. The molecule has 4 rings (SSSR count). The molecule has 0 spiro atoms. The van der Waals surface area contributed by atoms with E-state index < -0.39 is 5.82 Å². The van der Waals surface area contributed by atoms with Crippen molar-refractivity contribution in [2.45, 2.75) is 25.9 Å². The van der Waals surface area contributed by atoms with E-state index in [-0.39, 0.29) is 17.8 Å². The van der Waals surface area contributed by atoms with Crippen molar-refractivity contribution in [3.8, 4) is 10.6 Å². The van der Waals surface area contributed by atoms with Gasteiger partial charge in [-0.3, -0.25) is 5.10 Å². The first-order valence-electron chi connectivity index (χ1n) is 8.16. The normalized spacial score (nSPS) is 16.4. The number of aromatic amines is 1. The van der Waals surface area contributed by atoms with Crippen molar-refractivity contribution >= 4 is 39.0 Å². The summed E-state index contributed by atoms with van der Waals surface area (Å²) in [6.45, 7) is 2.41. The quantitative estimate of drug-likeness (QED) is 0.594. The molecular formula is C18H16BrFN4OS. The summed E-state index contributed by atoms with van der Waals surface area (Å²) >= 11 is 4.75. The summed E-state index contributed by atoms with van der Waals surface area (Å²) in [7, 11) is 0. The number of hydrogen-bond acceptors (Lipinski definition) is 3. The van der Waals surface area contributed by atoms with Gasteiger partial charge in [-0.1, -0.05) is 12.1 Å². The SMILES string of the molecule is CC1Cc2[nH]nc(-c3cccs3)c2CN1C(=O)Nc1cccc(Br)c1F. The molecule has 2 aromatic heterocycles. The molecule has 2 amide bonds. The summed E-state index contributed by atoms with van der Waals surface area (Å²) in [6.07, 6.45) is 0.683. The van der Waals surface area contributed by atoms with Crippen LogP contribution in [0, 0.1) is 5.82 Å². The van der Waals surface area contributed by atoms with E-state index in [1.165, 1.54) is 0 Å². The fourth-order valence-electron chi connectivity index (χ4n) is 3.15. The van der Waals surface area contributed by atoms with Crippen LogP contribution in [-0.4, -0.2) is 27.2 Å². The molecule has 1 aliphatic heterocycles. The average Bonchev–Trinajstić information content (AvgIpc) is 3.27. The highest BCUT2D eigenvalue weighted by Crippen LogP contribution is 2.33. The molecule has 5 nitrogen and oxygen atoms in total. The van der Waals surface area contributed by atoms with Crippen LogP contribution in [0.1, 0.15) is 18.2 Å². The molecule has 1 unspecified atom stereocenters. The van der Waals surface area contributed by atoms with E-state index in [2.05, 4.69) is 31.4 Å². The number of anilines is 1. The molecule has 0 fully saturated rings. The molecule has 2 N–H and O–H groups in total. The second-order valence-corrected chi connectivity index (χ2v) is 8.02. The van der Waals surface area contributed by atoms with Crippen LogP contribution in [-0.2, 0) is 13.0 Å². The summed E-state index contributed by atoms with van der Waals surface area (Å²) in [5, 5.41) is 12.2. The van der Waals surface area contributed by atoms with Crippen LogP contribution in [0.5, 0.6) is 0 Å². The van der Waals surface area contributed by atoms with Crippen LogP contribution < -0.4 is 5.32 Å². The van der Waals surface area contributed by atoms with Crippen molar-refractivity contribution in [1.29, 1.82) is 0 Å². The molecule has 0 saturated heterocycles. The zero-order valence-electron chi connectivity index (χ0n) is 13.9. The Morgan fingerprint density at radius 2 is 2.27 bits per heavy atom. The minimum atomic E-state index is -0.478. The number of rotatable bonds is 2. The van der Waals surface area contributed by atoms with Crippen molar-refractivity contribution in [2.24, 2.45) is 0 Å². The fraction of sp³-hybridized carbons (Fsp3) is 0.222. The maximum atomic E-state index is 14.2. The largest absolute Gasteiger partial charge is 0.322 e. The second-order valence-electron chi connectivity index (χ2n) is 6.22. The van der Waals surface area contributed by atoms with E-state index in [4.69, 9.17) is 0 Å². The number of carbonyl (C=O) groups excluding carboxylic acids is 1. The van der Waals surface area contributed by atoms with E-state index in [9.17, 15) is 9.18 Å². The topological polar surface area (TPSA) is 61.0 Å². The second kappa shape index (κ2) is 6.85. The van der Waals surface area contributed by atoms with Gasteiger partial charge >= 0.3 is 6.03 Å². The third-order valence-electron chi connectivity index (χ3n) is 4.52. The standard InChI is InChI=1S/C18H16BrFN4OS/c1-10-8-14-11(17(23-22-14)15-6-3-7-26-15)9-24(10)18(25)21-13-5-2-4-12(19)16(13)20/h2-7,10H,8-9H2,1H3,(H,21,25)(H,22,23). The molecule has 1 aliphatic rings. The van der Waals surface area contributed by atoms with Gasteiger partial charge in [0.2, 0.25) is 0 Å². The van der Waals surface area contributed by atoms with Gasteiger partial charge in [-0.05, 0) is 46.4 Å². The molecular weight excluding hydrogens is 419 g/mol. The number of halogens is 2. The number of nitrogens with one attached hydrogen (secondary N) is 2. The molecule has 8 heteroatoms. The Balaban J connectivity index is 1.59. The predicted molar refractivity (Wildman–Crippen MR) is 104 cm³/mol. The minimum Gasteiger partial charge on any atom is -0.317 e. The smallest absolute Gasteiger partial charge is 0.317 e. The van der Waals surface area contributed by atoms with Gasteiger partial charge in [0.1, 0.15) is 5.69 Å². The highest BCUT2D eigenvalue weighted by molar-refractivity contribution is 9.10. The lowest BCUT2D eigenvalue weighted by atomic mass is 9.99. The van der Waals surface area contributed by atoms with Crippen molar-refractivity contribution in [3.05, 3.63) is 57.3 Å². The number of carbonyl (C=O) groups is 1. The Labute approximate surface area is 162 Å². The predicted octanol–water partition coefficient (Wildman–Crippen LogP) is 5.02. The number of fused-ring (bicyclic) bond motifs is 1. The van der Waals surface area contributed by atoms with Crippen LogP contribution in [0.15, 0.2) is 40.2 Å². The number of thiophene rings is 1. The van der Waals surface area contributed by atoms with E-state index in [1.54, 1.807) is 34.4 Å². The Morgan fingerprint density at radius 3 is 3.04 bits per heavy atom. The van der Waals surface area contributed by atoms with Crippen LogP contribution in [0.25, 0.3) is 10.6 Å². The molecule has 0 saturated carbocycles. The molecule has 1 aromatic carbocycles.